The van der Waals surface area contributed by atoms with Gasteiger partial charge in [-0.1, -0.05) is 13.3 Å². The van der Waals surface area contributed by atoms with Crippen molar-refractivity contribution in [1.82, 2.24) is 4.31 Å². The van der Waals surface area contributed by atoms with Crippen molar-refractivity contribution in [2.45, 2.75) is 51.2 Å². The minimum absolute atomic E-state index is 0.000111. The molecule has 1 unspecified atom stereocenters. The van der Waals surface area contributed by atoms with E-state index in [0.29, 0.717) is 0 Å². The van der Waals surface area contributed by atoms with E-state index in [2.05, 4.69) is 0 Å². The average Bonchev–Trinajstić information content (AvgIpc) is 2.40. The van der Waals surface area contributed by atoms with Gasteiger partial charge in [-0.2, -0.15) is 4.31 Å². The topological polar surface area (TPSA) is 57.6 Å². The molecule has 1 aromatic carbocycles. The van der Waals surface area contributed by atoms with Crippen LogP contribution in [0.3, 0.4) is 0 Å². The molecule has 0 aromatic heterocycles. The lowest BCUT2D eigenvalue weighted by atomic mass is 10.1. The quantitative estimate of drug-likeness (QED) is 0.878. The second kappa shape index (κ2) is 6.65. The van der Waals surface area contributed by atoms with Gasteiger partial charge in [-0.3, -0.25) is 0 Å². The monoisotopic (exact) mass is 303 g/mol. The van der Waals surface area contributed by atoms with Crippen LogP contribution in [-0.2, 0) is 16.6 Å². The molecule has 0 aliphatic rings. The molecule has 1 atom stereocenters. The molecular weight excluding hydrogens is 281 g/mol. The highest BCUT2D eigenvalue weighted by atomic mass is 32.2. The summed E-state index contributed by atoms with van der Waals surface area (Å²) >= 11 is 0. The van der Waals surface area contributed by atoms with Gasteiger partial charge in [0, 0.05) is 18.7 Å². The summed E-state index contributed by atoms with van der Waals surface area (Å²) in [6.45, 7) is 4.79. The Hall–Kier alpha value is -0.980. The van der Waals surface area contributed by atoms with Gasteiger partial charge in [-0.05, 0) is 38.0 Å². The van der Waals surface area contributed by atoms with Gasteiger partial charge < -0.3 is 5.11 Å². The number of aliphatic hydroxyl groups is 1. The largest absolute Gasteiger partial charge is 0.392 e. The first-order valence-corrected chi connectivity index (χ1v) is 8.07. The van der Waals surface area contributed by atoms with Crippen LogP contribution in [0.5, 0.6) is 0 Å². The van der Waals surface area contributed by atoms with E-state index < -0.39 is 22.4 Å². The van der Waals surface area contributed by atoms with Crippen LogP contribution in [0.1, 0.15) is 37.8 Å². The molecule has 0 aliphatic heterocycles. The van der Waals surface area contributed by atoms with Crippen LogP contribution in [0.25, 0.3) is 0 Å². The van der Waals surface area contributed by atoms with Crippen molar-refractivity contribution in [2.75, 3.05) is 7.05 Å². The van der Waals surface area contributed by atoms with Crippen LogP contribution in [0.15, 0.2) is 17.0 Å². The highest BCUT2D eigenvalue weighted by molar-refractivity contribution is 7.89. The number of hydrogen-bond donors (Lipinski definition) is 1. The lowest BCUT2D eigenvalue weighted by molar-refractivity contribution is 0.275. The predicted octanol–water partition coefficient (Wildman–Crippen LogP) is 2.44. The van der Waals surface area contributed by atoms with Crippen LogP contribution in [0.2, 0.25) is 0 Å². The Bertz CT molecular complexity index is 572. The summed E-state index contributed by atoms with van der Waals surface area (Å²) in [6, 6.07) is 2.37. The van der Waals surface area contributed by atoms with Crippen LogP contribution in [0, 0.1) is 12.7 Å². The van der Waals surface area contributed by atoms with Gasteiger partial charge in [-0.25, -0.2) is 12.8 Å². The maximum Gasteiger partial charge on any atom is 0.243 e. The van der Waals surface area contributed by atoms with Gasteiger partial charge >= 0.3 is 0 Å². The summed E-state index contributed by atoms with van der Waals surface area (Å²) < 4.78 is 40.0. The van der Waals surface area contributed by atoms with E-state index in [1.807, 2.05) is 13.8 Å². The summed E-state index contributed by atoms with van der Waals surface area (Å²) in [6.07, 6.45) is 1.63. The Kier molecular flexibility index (Phi) is 5.68. The lowest BCUT2D eigenvalue weighted by Gasteiger charge is -2.24. The van der Waals surface area contributed by atoms with E-state index >= 15 is 0 Å². The molecule has 1 rings (SSSR count). The molecule has 0 amide bonds. The third kappa shape index (κ3) is 3.37. The van der Waals surface area contributed by atoms with E-state index in [1.165, 1.54) is 30.4 Å². The first-order valence-electron chi connectivity index (χ1n) is 6.63. The fourth-order valence-corrected chi connectivity index (χ4v) is 3.60. The van der Waals surface area contributed by atoms with Gasteiger partial charge in [0.25, 0.3) is 0 Å². The highest BCUT2D eigenvalue weighted by Crippen LogP contribution is 2.23. The zero-order valence-corrected chi connectivity index (χ0v) is 13.2. The van der Waals surface area contributed by atoms with Gasteiger partial charge in [0.05, 0.1) is 11.5 Å². The fourth-order valence-electron chi connectivity index (χ4n) is 2.07. The summed E-state index contributed by atoms with van der Waals surface area (Å²) in [7, 11) is -2.16. The summed E-state index contributed by atoms with van der Waals surface area (Å²) in [4.78, 5) is 0.0194. The highest BCUT2D eigenvalue weighted by Gasteiger charge is 2.26. The van der Waals surface area contributed by atoms with Crippen molar-refractivity contribution in [3.05, 3.63) is 29.1 Å². The van der Waals surface area contributed by atoms with Crippen molar-refractivity contribution in [1.29, 1.82) is 0 Å². The minimum Gasteiger partial charge on any atom is -0.392 e. The summed E-state index contributed by atoms with van der Waals surface area (Å²) in [5.74, 6) is -0.560. The third-order valence-electron chi connectivity index (χ3n) is 3.48. The molecule has 0 saturated carbocycles. The zero-order chi connectivity index (χ0) is 15.5. The van der Waals surface area contributed by atoms with E-state index in [4.69, 9.17) is 5.11 Å². The molecule has 0 radical (unpaired) electrons. The van der Waals surface area contributed by atoms with Gasteiger partial charge in [0.2, 0.25) is 10.0 Å². The number of rotatable bonds is 6. The normalized spacial score (nSPS) is 13.8. The molecule has 6 heteroatoms. The number of nitrogens with zero attached hydrogens (tertiary/aromatic N) is 1. The Morgan fingerprint density at radius 2 is 2.00 bits per heavy atom. The molecule has 1 aromatic rings. The smallest absolute Gasteiger partial charge is 0.243 e. The molecule has 0 heterocycles. The Labute approximate surface area is 120 Å². The molecule has 0 bridgehead atoms. The second-order valence-electron chi connectivity index (χ2n) is 5.03. The van der Waals surface area contributed by atoms with E-state index in [0.717, 1.165) is 12.8 Å². The van der Waals surface area contributed by atoms with Crippen LogP contribution in [-0.4, -0.2) is 30.9 Å². The number of halogens is 1. The first-order chi connectivity index (χ1) is 9.25. The first kappa shape index (κ1) is 17.1. The van der Waals surface area contributed by atoms with Crippen molar-refractivity contribution in [3.8, 4) is 0 Å². The van der Waals surface area contributed by atoms with Crippen molar-refractivity contribution in [2.24, 2.45) is 0 Å². The Balaban J connectivity index is 3.25. The Morgan fingerprint density at radius 3 is 2.50 bits per heavy atom. The van der Waals surface area contributed by atoms with Crippen LogP contribution >= 0.6 is 0 Å². The summed E-state index contributed by atoms with van der Waals surface area (Å²) in [5.41, 5.74) is 0.215. The summed E-state index contributed by atoms with van der Waals surface area (Å²) in [5, 5.41) is 9.12. The molecule has 0 spiro atoms. The van der Waals surface area contributed by atoms with Gasteiger partial charge in [-0.15, -0.1) is 0 Å². The third-order valence-corrected chi connectivity index (χ3v) is 5.43. The molecule has 4 nitrogen and oxygen atoms in total. The van der Waals surface area contributed by atoms with Crippen molar-refractivity contribution < 1.29 is 17.9 Å². The molecule has 20 heavy (non-hydrogen) atoms. The van der Waals surface area contributed by atoms with Gasteiger partial charge in [0.1, 0.15) is 5.82 Å². The van der Waals surface area contributed by atoms with Crippen LogP contribution in [0.4, 0.5) is 4.39 Å². The molecular formula is C14H22FNO3S. The number of hydrogen-bond acceptors (Lipinski definition) is 3. The second-order valence-corrected chi connectivity index (χ2v) is 7.03. The standard InChI is InChI=1S/C14H22FNO3S/c1-5-6-11(3)16(4)20(18,19)13-7-10(2)14(15)12(8-13)9-17/h7-8,11,17H,5-6,9H2,1-4H3. The average molecular weight is 303 g/mol. The number of aliphatic hydroxyl groups excluding tert-OH is 1. The molecule has 0 saturated heterocycles. The predicted molar refractivity (Wildman–Crippen MR) is 76.4 cm³/mol. The van der Waals surface area contributed by atoms with E-state index in [-0.39, 0.29) is 22.1 Å². The van der Waals surface area contributed by atoms with E-state index in [9.17, 15) is 12.8 Å². The zero-order valence-electron chi connectivity index (χ0n) is 12.4. The molecule has 1 N–H and O–H groups in total. The minimum atomic E-state index is -3.68. The van der Waals surface area contributed by atoms with Crippen molar-refractivity contribution in [3.63, 3.8) is 0 Å². The number of sulfonamides is 1. The fraction of sp³-hybridized carbons (Fsp3) is 0.571. The maximum absolute atomic E-state index is 13.7. The molecule has 0 aliphatic carbocycles. The maximum atomic E-state index is 13.7. The van der Waals surface area contributed by atoms with E-state index in [1.54, 1.807) is 0 Å². The number of aryl methyl sites for hydroxylation is 1. The number of benzene rings is 1. The van der Waals surface area contributed by atoms with Gasteiger partial charge in [0.15, 0.2) is 0 Å². The van der Waals surface area contributed by atoms with Crippen molar-refractivity contribution >= 4 is 10.0 Å². The molecule has 0 fully saturated rings. The molecule has 114 valence electrons. The SMILES string of the molecule is CCCC(C)N(C)S(=O)(=O)c1cc(C)c(F)c(CO)c1. The Morgan fingerprint density at radius 1 is 1.40 bits per heavy atom. The lowest BCUT2D eigenvalue weighted by Crippen LogP contribution is -2.35. The van der Waals surface area contributed by atoms with Crippen LogP contribution < -0.4 is 0 Å².